The van der Waals surface area contributed by atoms with Crippen LogP contribution in [0.15, 0.2) is 48.8 Å². The number of benzene rings is 2. The number of fused-ring (bicyclic) bond motifs is 1. The number of hydrogen-bond acceptors (Lipinski definition) is 5. The summed E-state index contributed by atoms with van der Waals surface area (Å²) in [7, 11) is 0. The van der Waals surface area contributed by atoms with Crippen LogP contribution >= 0.6 is 0 Å². The lowest BCUT2D eigenvalue weighted by molar-refractivity contribution is 0.0642. The Balaban J connectivity index is 1.52. The number of ether oxygens (including phenoxy) is 1. The van der Waals surface area contributed by atoms with Gasteiger partial charge in [-0.15, -0.1) is 0 Å². The van der Waals surface area contributed by atoms with Crippen LogP contribution in [-0.2, 0) is 4.74 Å². The first-order valence-electron chi connectivity index (χ1n) is 10.1. The number of hydrogen-bond donors (Lipinski definition) is 2. The van der Waals surface area contributed by atoms with Gasteiger partial charge >= 0.3 is 0 Å². The van der Waals surface area contributed by atoms with Crippen LogP contribution in [-0.4, -0.2) is 41.5 Å². The van der Waals surface area contributed by atoms with Crippen molar-refractivity contribution in [2.45, 2.75) is 19.8 Å². The van der Waals surface area contributed by atoms with Gasteiger partial charge < -0.3 is 15.4 Å². The van der Waals surface area contributed by atoms with Crippen molar-refractivity contribution in [3.63, 3.8) is 0 Å². The van der Waals surface area contributed by atoms with Crippen LogP contribution in [0, 0.1) is 12.8 Å². The molecule has 1 saturated heterocycles. The Morgan fingerprint density at radius 1 is 1.00 bits per heavy atom. The molecule has 154 valence electrons. The van der Waals surface area contributed by atoms with Gasteiger partial charge in [0.1, 0.15) is 0 Å². The first kappa shape index (κ1) is 20.0. The van der Waals surface area contributed by atoms with E-state index in [1.807, 2.05) is 37.3 Å². The van der Waals surface area contributed by atoms with E-state index < -0.39 is 0 Å². The normalized spacial score (nSPS) is 14.4. The number of carbonyl (C=O) groups excluding carboxylic acids is 2. The molecule has 2 amide bonds. The molecule has 1 aromatic heterocycles. The standard InChI is InChI=1S/C23H24N4O3/c1-15-6-7-19(18-5-3-2-4-17(15)18)22(28)27-21-20(24-10-11-25-21)23(29)26-14-16-8-12-30-13-9-16/h2-7,10-11,16H,8-9,12-14H2,1H3,(H,26,29)(H,25,27,28). The van der Waals surface area contributed by atoms with Crippen LogP contribution in [0.25, 0.3) is 10.8 Å². The van der Waals surface area contributed by atoms with Gasteiger partial charge in [0.05, 0.1) is 0 Å². The van der Waals surface area contributed by atoms with E-state index >= 15 is 0 Å². The van der Waals surface area contributed by atoms with E-state index in [2.05, 4.69) is 20.6 Å². The molecule has 0 aliphatic carbocycles. The summed E-state index contributed by atoms with van der Waals surface area (Å²) in [6.45, 7) is 4.00. The largest absolute Gasteiger partial charge is 0.381 e. The van der Waals surface area contributed by atoms with E-state index in [-0.39, 0.29) is 23.3 Å². The fraction of sp³-hybridized carbons (Fsp3) is 0.304. The van der Waals surface area contributed by atoms with E-state index in [1.165, 1.54) is 12.4 Å². The van der Waals surface area contributed by atoms with Crippen LogP contribution in [0.2, 0.25) is 0 Å². The Labute approximate surface area is 174 Å². The summed E-state index contributed by atoms with van der Waals surface area (Å²) < 4.78 is 5.35. The quantitative estimate of drug-likeness (QED) is 0.680. The number of rotatable bonds is 5. The Morgan fingerprint density at radius 3 is 2.53 bits per heavy atom. The molecule has 30 heavy (non-hydrogen) atoms. The topological polar surface area (TPSA) is 93.2 Å². The molecule has 1 aliphatic rings. The van der Waals surface area contributed by atoms with Crippen molar-refractivity contribution in [2.24, 2.45) is 5.92 Å². The molecule has 2 aromatic carbocycles. The molecule has 2 N–H and O–H groups in total. The van der Waals surface area contributed by atoms with Gasteiger partial charge in [-0.3, -0.25) is 9.59 Å². The minimum Gasteiger partial charge on any atom is -0.381 e. The summed E-state index contributed by atoms with van der Waals surface area (Å²) >= 11 is 0. The van der Waals surface area contributed by atoms with Crippen molar-refractivity contribution in [2.75, 3.05) is 25.1 Å². The maximum atomic E-state index is 13.0. The highest BCUT2D eigenvalue weighted by atomic mass is 16.5. The number of carbonyl (C=O) groups is 2. The lowest BCUT2D eigenvalue weighted by Gasteiger charge is -2.22. The van der Waals surface area contributed by atoms with E-state index in [0.717, 1.165) is 42.4 Å². The van der Waals surface area contributed by atoms with Crippen molar-refractivity contribution in [1.29, 1.82) is 0 Å². The summed E-state index contributed by atoms with van der Waals surface area (Å²) in [6, 6.07) is 11.4. The molecular formula is C23H24N4O3. The lowest BCUT2D eigenvalue weighted by atomic mass is 10.00. The third-order valence-corrected chi connectivity index (χ3v) is 5.42. The highest BCUT2D eigenvalue weighted by Crippen LogP contribution is 2.23. The zero-order valence-corrected chi connectivity index (χ0v) is 16.9. The average molecular weight is 404 g/mol. The highest BCUT2D eigenvalue weighted by molar-refractivity contribution is 6.14. The molecule has 2 heterocycles. The van der Waals surface area contributed by atoms with Crippen molar-refractivity contribution in [3.8, 4) is 0 Å². The summed E-state index contributed by atoms with van der Waals surface area (Å²) in [4.78, 5) is 34.0. The zero-order valence-electron chi connectivity index (χ0n) is 16.9. The van der Waals surface area contributed by atoms with E-state index in [9.17, 15) is 9.59 Å². The molecule has 0 radical (unpaired) electrons. The monoisotopic (exact) mass is 404 g/mol. The van der Waals surface area contributed by atoms with Gasteiger partial charge in [-0.05, 0) is 48.1 Å². The number of anilines is 1. The maximum Gasteiger partial charge on any atom is 0.273 e. The molecular weight excluding hydrogens is 380 g/mol. The predicted molar refractivity (Wildman–Crippen MR) is 115 cm³/mol. The third kappa shape index (κ3) is 4.31. The van der Waals surface area contributed by atoms with Gasteiger partial charge in [0.15, 0.2) is 11.5 Å². The van der Waals surface area contributed by atoms with E-state index in [1.54, 1.807) is 6.07 Å². The predicted octanol–water partition coefficient (Wildman–Crippen LogP) is 3.35. The molecule has 7 heteroatoms. The van der Waals surface area contributed by atoms with Gasteiger partial charge in [0.25, 0.3) is 11.8 Å². The zero-order chi connectivity index (χ0) is 20.9. The highest BCUT2D eigenvalue weighted by Gasteiger charge is 2.20. The van der Waals surface area contributed by atoms with E-state index in [4.69, 9.17) is 4.74 Å². The SMILES string of the molecule is Cc1ccc(C(=O)Nc2nccnc2C(=O)NCC2CCOCC2)c2ccccc12. The third-order valence-electron chi connectivity index (χ3n) is 5.42. The van der Waals surface area contributed by atoms with Crippen molar-refractivity contribution in [3.05, 3.63) is 65.6 Å². The van der Waals surface area contributed by atoms with Crippen LogP contribution in [0.3, 0.4) is 0 Å². The molecule has 1 aliphatic heterocycles. The summed E-state index contributed by atoms with van der Waals surface area (Å²) in [5, 5.41) is 7.54. The Hall–Kier alpha value is -3.32. The number of nitrogens with zero attached hydrogens (tertiary/aromatic N) is 2. The van der Waals surface area contributed by atoms with Crippen molar-refractivity contribution >= 4 is 28.4 Å². The fourth-order valence-electron chi connectivity index (χ4n) is 3.69. The molecule has 0 atom stereocenters. The second-order valence-corrected chi connectivity index (χ2v) is 7.45. The molecule has 0 saturated carbocycles. The number of aryl methyl sites for hydroxylation is 1. The van der Waals surface area contributed by atoms with Gasteiger partial charge in [-0.25, -0.2) is 9.97 Å². The van der Waals surface area contributed by atoms with Crippen LogP contribution < -0.4 is 10.6 Å². The Kier molecular flexibility index (Phi) is 5.99. The maximum absolute atomic E-state index is 13.0. The number of nitrogens with one attached hydrogen (secondary N) is 2. The number of aromatic nitrogens is 2. The van der Waals surface area contributed by atoms with Gasteiger partial charge in [-0.1, -0.05) is 30.3 Å². The summed E-state index contributed by atoms with van der Waals surface area (Å²) in [5.74, 6) is -0.142. The molecule has 7 nitrogen and oxygen atoms in total. The van der Waals surface area contributed by atoms with E-state index in [0.29, 0.717) is 18.0 Å². The van der Waals surface area contributed by atoms with Crippen LogP contribution in [0.5, 0.6) is 0 Å². The van der Waals surface area contributed by atoms with Crippen LogP contribution in [0.4, 0.5) is 5.82 Å². The Morgan fingerprint density at radius 2 is 1.73 bits per heavy atom. The second-order valence-electron chi connectivity index (χ2n) is 7.45. The molecule has 3 aromatic rings. The molecule has 1 fully saturated rings. The fourth-order valence-corrected chi connectivity index (χ4v) is 3.69. The van der Waals surface area contributed by atoms with Gasteiger partial charge in [-0.2, -0.15) is 0 Å². The number of amides is 2. The smallest absolute Gasteiger partial charge is 0.273 e. The van der Waals surface area contributed by atoms with Gasteiger partial charge in [0.2, 0.25) is 0 Å². The average Bonchev–Trinajstić information content (AvgIpc) is 2.79. The Bertz CT molecular complexity index is 1080. The summed E-state index contributed by atoms with van der Waals surface area (Å²) in [5.41, 5.74) is 1.72. The molecule has 0 spiro atoms. The molecule has 0 unspecified atom stereocenters. The first-order chi connectivity index (χ1) is 14.6. The van der Waals surface area contributed by atoms with Crippen LogP contribution in [0.1, 0.15) is 39.3 Å². The first-order valence-corrected chi connectivity index (χ1v) is 10.1. The lowest BCUT2D eigenvalue weighted by Crippen LogP contribution is -2.33. The molecule has 0 bridgehead atoms. The van der Waals surface area contributed by atoms with Gasteiger partial charge in [0, 0.05) is 37.7 Å². The minimum absolute atomic E-state index is 0.106. The minimum atomic E-state index is -0.348. The molecule has 4 rings (SSSR count). The van der Waals surface area contributed by atoms with Crippen molar-refractivity contribution < 1.29 is 14.3 Å². The summed E-state index contributed by atoms with van der Waals surface area (Å²) in [6.07, 6.45) is 4.74. The second kappa shape index (κ2) is 9.00. The van der Waals surface area contributed by atoms with Crippen molar-refractivity contribution in [1.82, 2.24) is 15.3 Å².